The topological polar surface area (TPSA) is 89.5 Å². The molecule has 5 atom stereocenters. The van der Waals surface area contributed by atoms with Gasteiger partial charge in [-0.3, -0.25) is 9.59 Å². The molecule has 0 aromatic carbocycles. The van der Waals surface area contributed by atoms with Crippen molar-refractivity contribution in [1.29, 1.82) is 0 Å². The minimum absolute atomic E-state index is 0.0210. The lowest BCUT2D eigenvalue weighted by Gasteiger charge is -2.44. The number of carbonyl (C=O) groups excluding carboxylic acids is 2. The van der Waals surface area contributed by atoms with Gasteiger partial charge in [-0.15, -0.1) is 23.5 Å². The van der Waals surface area contributed by atoms with Crippen molar-refractivity contribution < 1.29 is 38.0 Å². The monoisotopic (exact) mass is 464 g/mol. The Bertz CT molecular complexity index is 634. The SMILES string of the molecule is CC(=O)O[C@H](C1SCCCS1)[C@@H]1OC(C)(C)O[C@H]1[C@@H]1OC(C)(C)OC[C@H]1OC(C)=O. The largest absolute Gasteiger partial charge is 0.458 e. The van der Waals surface area contributed by atoms with Crippen molar-refractivity contribution in [3.05, 3.63) is 0 Å². The summed E-state index contributed by atoms with van der Waals surface area (Å²) in [6.45, 7) is 10.2. The fourth-order valence-electron chi connectivity index (χ4n) is 3.90. The van der Waals surface area contributed by atoms with Gasteiger partial charge in [-0.1, -0.05) is 0 Å². The summed E-state index contributed by atoms with van der Waals surface area (Å²) in [6, 6.07) is 0. The molecule has 0 unspecified atom stereocenters. The maximum atomic E-state index is 12.0. The highest BCUT2D eigenvalue weighted by Crippen LogP contribution is 2.43. The first-order chi connectivity index (χ1) is 14.0. The molecule has 0 amide bonds. The van der Waals surface area contributed by atoms with Gasteiger partial charge in [0.25, 0.3) is 0 Å². The van der Waals surface area contributed by atoms with Crippen LogP contribution in [-0.4, -0.2) is 76.7 Å². The molecule has 3 rings (SSSR count). The maximum absolute atomic E-state index is 12.0. The van der Waals surface area contributed by atoms with E-state index in [1.807, 2.05) is 13.8 Å². The normalized spacial score (nSPS) is 34.9. The number of carbonyl (C=O) groups is 2. The highest BCUT2D eigenvalue weighted by Gasteiger charge is 2.56. The Labute approximate surface area is 186 Å². The zero-order valence-corrected chi connectivity index (χ0v) is 20.0. The lowest BCUT2D eigenvalue weighted by atomic mass is 9.98. The van der Waals surface area contributed by atoms with Gasteiger partial charge in [0, 0.05) is 13.8 Å². The van der Waals surface area contributed by atoms with Crippen molar-refractivity contribution >= 4 is 35.5 Å². The molecule has 0 radical (unpaired) electrons. The van der Waals surface area contributed by atoms with Gasteiger partial charge in [0.2, 0.25) is 0 Å². The standard InChI is InChI=1S/C20H32O8S2/c1-11(21)24-13-10-23-19(3,4)26-14(13)15-16(28-20(5,6)27-15)17(25-12(2)22)18-29-8-7-9-30-18/h13-18H,7-10H2,1-6H3/t13-,14-,15+,16-,17+/m1/s1. The summed E-state index contributed by atoms with van der Waals surface area (Å²) in [6.07, 6.45) is -1.91. The summed E-state index contributed by atoms with van der Waals surface area (Å²) < 4.78 is 35.7. The van der Waals surface area contributed by atoms with Crippen LogP contribution in [0.2, 0.25) is 0 Å². The van der Waals surface area contributed by atoms with Crippen LogP contribution in [0.1, 0.15) is 48.0 Å². The molecule has 0 saturated carbocycles. The molecule has 30 heavy (non-hydrogen) atoms. The van der Waals surface area contributed by atoms with Crippen LogP contribution in [0.25, 0.3) is 0 Å². The molecule has 3 saturated heterocycles. The molecule has 3 aliphatic heterocycles. The quantitative estimate of drug-likeness (QED) is 0.566. The fraction of sp³-hybridized carbons (Fsp3) is 0.900. The van der Waals surface area contributed by atoms with Crippen LogP contribution < -0.4 is 0 Å². The number of esters is 2. The highest BCUT2D eigenvalue weighted by atomic mass is 32.2. The molecule has 3 fully saturated rings. The van der Waals surface area contributed by atoms with E-state index in [1.54, 1.807) is 37.4 Å². The Morgan fingerprint density at radius 1 is 0.933 bits per heavy atom. The van der Waals surface area contributed by atoms with Crippen LogP contribution in [0.5, 0.6) is 0 Å². The van der Waals surface area contributed by atoms with Gasteiger partial charge in [0.1, 0.15) is 18.3 Å². The van der Waals surface area contributed by atoms with Crippen molar-refractivity contribution in [3.8, 4) is 0 Å². The van der Waals surface area contributed by atoms with E-state index in [0.717, 1.165) is 17.9 Å². The molecule has 8 nitrogen and oxygen atoms in total. The second-order valence-corrected chi connectivity index (χ2v) is 11.3. The number of hydrogen-bond donors (Lipinski definition) is 0. The van der Waals surface area contributed by atoms with Crippen LogP contribution in [0, 0.1) is 0 Å². The predicted molar refractivity (Wildman–Crippen MR) is 113 cm³/mol. The first-order valence-electron chi connectivity index (χ1n) is 10.2. The average molecular weight is 465 g/mol. The molecule has 3 aliphatic rings. The lowest BCUT2D eigenvalue weighted by Crippen LogP contribution is -2.59. The minimum atomic E-state index is -0.912. The zero-order valence-electron chi connectivity index (χ0n) is 18.4. The van der Waals surface area contributed by atoms with Crippen LogP contribution in [-0.2, 0) is 38.0 Å². The number of ether oxygens (including phenoxy) is 6. The molecule has 10 heteroatoms. The molecular formula is C20H32O8S2. The van der Waals surface area contributed by atoms with Gasteiger partial charge in [-0.25, -0.2) is 0 Å². The summed E-state index contributed by atoms with van der Waals surface area (Å²) in [7, 11) is 0. The first kappa shape index (κ1) is 24.1. The lowest BCUT2D eigenvalue weighted by molar-refractivity contribution is -0.324. The summed E-state index contributed by atoms with van der Waals surface area (Å²) >= 11 is 3.52. The molecule has 0 aliphatic carbocycles. The number of hydrogen-bond acceptors (Lipinski definition) is 10. The van der Waals surface area contributed by atoms with E-state index in [4.69, 9.17) is 28.4 Å². The van der Waals surface area contributed by atoms with Crippen molar-refractivity contribution in [3.63, 3.8) is 0 Å². The highest BCUT2D eigenvalue weighted by molar-refractivity contribution is 8.17. The second kappa shape index (κ2) is 9.54. The molecule has 0 spiro atoms. The van der Waals surface area contributed by atoms with Crippen LogP contribution in [0.3, 0.4) is 0 Å². The van der Waals surface area contributed by atoms with Crippen molar-refractivity contribution in [1.82, 2.24) is 0 Å². The Morgan fingerprint density at radius 2 is 1.57 bits per heavy atom. The van der Waals surface area contributed by atoms with Crippen LogP contribution in [0.4, 0.5) is 0 Å². The number of rotatable bonds is 5. The maximum Gasteiger partial charge on any atom is 0.303 e. The third kappa shape index (κ3) is 6.04. The predicted octanol–water partition coefficient (Wildman–Crippen LogP) is 2.72. The van der Waals surface area contributed by atoms with Crippen molar-refractivity contribution in [2.45, 2.75) is 94.6 Å². The van der Waals surface area contributed by atoms with Gasteiger partial charge in [0.15, 0.2) is 23.8 Å². The van der Waals surface area contributed by atoms with Crippen LogP contribution in [0.15, 0.2) is 0 Å². The Hall–Kier alpha value is -0.520. The average Bonchev–Trinajstić information content (AvgIpc) is 2.96. The van der Waals surface area contributed by atoms with Crippen molar-refractivity contribution in [2.75, 3.05) is 18.1 Å². The molecule has 172 valence electrons. The van der Waals surface area contributed by atoms with E-state index in [9.17, 15) is 9.59 Å². The van der Waals surface area contributed by atoms with Gasteiger partial charge in [-0.05, 0) is 45.6 Å². The summed E-state index contributed by atoms with van der Waals surface area (Å²) in [4.78, 5) is 23.6. The fourth-order valence-corrected chi connectivity index (χ4v) is 6.93. The Kier molecular flexibility index (Phi) is 7.67. The summed E-state index contributed by atoms with van der Waals surface area (Å²) in [5.74, 6) is -0.607. The molecule has 3 heterocycles. The van der Waals surface area contributed by atoms with Gasteiger partial charge < -0.3 is 28.4 Å². The van der Waals surface area contributed by atoms with E-state index in [1.165, 1.54) is 13.8 Å². The van der Waals surface area contributed by atoms with Gasteiger partial charge in [-0.2, -0.15) is 0 Å². The zero-order chi connectivity index (χ0) is 22.1. The van der Waals surface area contributed by atoms with Crippen molar-refractivity contribution in [2.24, 2.45) is 0 Å². The molecule has 0 aromatic heterocycles. The second-order valence-electron chi connectivity index (χ2n) is 8.54. The van der Waals surface area contributed by atoms with Gasteiger partial charge in [0.05, 0.1) is 11.2 Å². The smallest absolute Gasteiger partial charge is 0.303 e. The van der Waals surface area contributed by atoms with E-state index in [0.29, 0.717) is 0 Å². The van der Waals surface area contributed by atoms with Crippen LogP contribution >= 0.6 is 23.5 Å². The van der Waals surface area contributed by atoms with E-state index >= 15 is 0 Å². The summed E-state index contributed by atoms with van der Waals surface area (Å²) in [5, 5.41) is 0. The molecule has 0 bridgehead atoms. The first-order valence-corrected chi connectivity index (χ1v) is 12.3. The van der Waals surface area contributed by atoms with E-state index < -0.39 is 48.1 Å². The summed E-state index contributed by atoms with van der Waals surface area (Å²) in [5.41, 5.74) is 0. The molecule has 0 aromatic rings. The molecular weight excluding hydrogens is 432 g/mol. The Morgan fingerprint density at radius 3 is 2.17 bits per heavy atom. The van der Waals surface area contributed by atoms with E-state index in [-0.39, 0.29) is 17.2 Å². The Balaban J connectivity index is 1.91. The third-order valence-electron chi connectivity index (χ3n) is 4.93. The minimum Gasteiger partial charge on any atom is -0.458 e. The third-order valence-corrected chi connectivity index (χ3v) is 7.99. The van der Waals surface area contributed by atoms with Gasteiger partial charge >= 0.3 is 11.9 Å². The van der Waals surface area contributed by atoms with E-state index in [2.05, 4.69) is 0 Å². The molecule has 0 N–H and O–H groups in total. The number of thioether (sulfide) groups is 2.